The molecule has 1 amide bonds. The third-order valence-electron chi connectivity index (χ3n) is 9.85. The molecule has 0 radical (unpaired) electrons. The number of nitrogens with one attached hydrogen (secondary N) is 1. The van der Waals surface area contributed by atoms with Crippen LogP contribution in [0.3, 0.4) is 0 Å². The number of fused-ring (bicyclic) bond motifs is 1. The summed E-state index contributed by atoms with van der Waals surface area (Å²) < 4.78 is 8.78. The first kappa shape index (κ1) is 45.5. The monoisotopic (exact) mass is 966 g/mol. The van der Waals surface area contributed by atoms with Gasteiger partial charge >= 0.3 is 11.9 Å². The van der Waals surface area contributed by atoms with Crippen LogP contribution in [0.25, 0.3) is 0 Å². The Hall–Kier alpha value is -5.54. The molecule has 2 aliphatic rings. The van der Waals surface area contributed by atoms with Gasteiger partial charge < -0.3 is 33.8 Å². The van der Waals surface area contributed by atoms with Gasteiger partial charge in [-0.05, 0) is 90.7 Å². The second-order valence-corrected chi connectivity index (χ2v) is 16.7. The van der Waals surface area contributed by atoms with E-state index in [4.69, 9.17) is 79.4 Å². The molecule has 324 valence electrons. The van der Waals surface area contributed by atoms with Crippen molar-refractivity contribution in [3.05, 3.63) is 180 Å². The Kier molecular flexibility index (Phi) is 15.0. The van der Waals surface area contributed by atoms with Crippen molar-refractivity contribution in [1.82, 2.24) is 29.1 Å². The second kappa shape index (κ2) is 20.8. The molecule has 1 aliphatic heterocycles. The molecule has 2 N–H and O–H groups in total. The fourth-order valence-corrected chi connectivity index (χ4v) is 7.79. The maximum atomic E-state index is 13.4. The van der Waals surface area contributed by atoms with E-state index >= 15 is 0 Å². The minimum atomic E-state index is -1.03. The SMILES string of the molecule is O=C(O)c1ncc[nH]1.O=C(OCc1cc(Cl)ccc1Cl)c1nccn1Cc1cc(Cl)ccc1Cl.O=C(c1nccn1Cc1cc(Cl)ccc1Cl)N1CCN(C2CC2)c2ccccc21. The van der Waals surface area contributed by atoms with Crippen molar-refractivity contribution in [1.29, 1.82) is 0 Å². The van der Waals surface area contributed by atoms with Gasteiger partial charge in [-0.25, -0.2) is 24.5 Å². The van der Waals surface area contributed by atoms with Crippen molar-refractivity contribution in [3.8, 4) is 0 Å². The molecular weight excluding hydrogens is 933 g/mol. The molecule has 19 heteroatoms. The molecule has 63 heavy (non-hydrogen) atoms. The van der Waals surface area contributed by atoms with Gasteiger partial charge in [0.1, 0.15) is 6.61 Å². The summed E-state index contributed by atoms with van der Waals surface area (Å²) in [6.45, 7) is 2.25. The lowest BCUT2D eigenvalue weighted by molar-refractivity contribution is 0.0452. The molecule has 1 fully saturated rings. The van der Waals surface area contributed by atoms with Gasteiger partial charge in [0.2, 0.25) is 11.6 Å². The van der Waals surface area contributed by atoms with Gasteiger partial charge in [-0.15, -0.1) is 0 Å². The Bertz CT molecular complexity index is 2740. The van der Waals surface area contributed by atoms with E-state index in [1.807, 2.05) is 33.7 Å². The third-order valence-corrected chi connectivity index (χ3v) is 11.7. The van der Waals surface area contributed by atoms with Crippen LogP contribution < -0.4 is 9.80 Å². The molecule has 1 aliphatic carbocycles. The van der Waals surface area contributed by atoms with E-state index in [0.29, 0.717) is 67.2 Å². The van der Waals surface area contributed by atoms with Crippen molar-refractivity contribution < 1.29 is 24.2 Å². The van der Waals surface area contributed by atoms with Crippen LogP contribution in [-0.2, 0) is 24.4 Å². The standard InChI is InChI=1S/C22H20Cl2N4O.C18H12Cl4N2O2.C4H4N2O2/c23-16-5-8-18(24)15(13-16)14-26-10-9-25-21(26)22(29)28-12-11-27(17-6-7-17)19-3-1-2-4-20(19)28;19-13-1-3-15(21)11(7-13)9-24-6-5-23-17(24)18(25)26-10-12-8-14(20)2-4-16(12)22;7-4(8)3-5-1-2-6-3/h1-5,8-10,13,17H,6-7,11-12,14H2;1-8H,9-10H2;1-2H,(H,5,6)(H,7,8). The number of aromatic nitrogens is 6. The van der Waals surface area contributed by atoms with Crippen LogP contribution in [0.4, 0.5) is 11.4 Å². The van der Waals surface area contributed by atoms with Crippen molar-refractivity contribution in [2.75, 3.05) is 22.9 Å². The Balaban J connectivity index is 0.000000162. The molecule has 7 aromatic rings. The van der Waals surface area contributed by atoms with Crippen LogP contribution in [0.5, 0.6) is 0 Å². The molecule has 0 atom stereocenters. The Morgan fingerprint density at radius 2 is 1.21 bits per heavy atom. The van der Waals surface area contributed by atoms with Gasteiger partial charge in [0, 0.05) is 92.0 Å². The lowest BCUT2D eigenvalue weighted by Crippen LogP contribution is -2.45. The highest BCUT2D eigenvalue weighted by molar-refractivity contribution is 6.34. The number of imidazole rings is 3. The van der Waals surface area contributed by atoms with E-state index in [0.717, 1.165) is 29.0 Å². The zero-order valence-corrected chi connectivity index (χ0v) is 37.5. The molecule has 3 aromatic heterocycles. The first-order valence-corrected chi connectivity index (χ1v) is 21.5. The lowest BCUT2D eigenvalue weighted by Gasteiger charge is -2.37. The number of aromatic amines is 1. The predicted molar refractivity (Wildman–Crippen MR) is 245 cm³/mol. The molecule has 0 saturated heterocycles. The number of benzene rings is 4. The number of rotatable bonds is 10. The van der Waals surface area contributed by atoms with Crippen LogP contribution in [0.15, 0.2) is 116 Å². The maximum absolute atomic E-state index is 13.4. The molecule has 0 bridgehead atoms. The number of hydrogen-bond acceptors (Lipinski definition) is 8. The smallest absolute Gasteiger partial charge is 0.374 e. The van der Waals surface area contributed by atoms with Gasteiger partial charge in [0.05, 0.1) is 24.5 Å². The number of aromatic carboxylic acids is 1. The number of ether oxygens (including phenoxy) is 1. The summed E-state index contributed by atoms with van der Waals surface area (Å²) in [7, 11) is 0. The highest BCUT2D eigenvalue weighted by atomic mass is 35.5. The number of carboxylic acid groups (broad SMARTS) is 1. The topological polar surface area (TPSA) is 151 Å². The minimum absolute atomic E-state index is 0.0109. The summed E-state index contributed by atoms with van der Waals surface area (Å²) in [5.41, 5.74) is 4.31. The zero-order valence-electron chi connectivity index (χ0n) is 33.0. The van der Waals surface area contributed by atoms with E-state index in [-0.39, 0.29) is 24.2 Å². The quantitative estimate of drug-likeness (QED) is 0.128. The number of carbonyl (C=O) groups excluding carboxylic acids is 2. The number of anilines is 2. The fraction of sp³-hybridized carbons (Fsp3) is 0.182. The van der Waals surface area contributed by atoms with Gasteiger partial charge in [0.15, 0.2) is 5.82 Å². The number of nitrogens with zero attached hydrogens (tertiary/aromatic N) is 7. The summed E-state index contributed by atoms with van der Waals surface area (Å²) in [5.74, 6) is -1.19. The Morgan fingerprint density at radius 1 is 0.667 bits per heavy atom. The van der Waals surface area contributed by atoms with Crippen LogP contribution in [-0.4, -0.2) is 71.2 Å². The predicted octanol–water partition coefficient (Wildman–Crippen LogP) is 10.9. The fourth-order valence-electron chi connectivity index (χ4n) is 6.68. The second-order valence-electron chi connectivity index (χ2n) is 14.2. The number of amides is 1. The first-order chi connectivity index (χ1) is 30.4. The molecule has 1 saturated carbocycles. The largest absolute Gasteiger partial charge is 0.475 e. The molecule has 13 nitrogen and oxygen atoms in total. The maximum Gasteiger partial charge on any atom is 0.374 e. The molecule has 4 aromatic carbocycles. The molecule has 9 rings (SSSR count). The van der Waals surface area contributed by atoms with Crippen molar-refractivity contribution in [2.24, 2.45) is 0 Å². The Morgan fingerprint density at radius 3 is 1.75 bits per heavy atom. The lowest BCUT2D eigenvalue weighted by atomic mass is 10.1. The van der Waals surface area contributed by atoms with E-state index in [2.05, 4.69) is 30.9 Å². The summed E-state index contributed by atoms with van der Waals surface area (Å²) in [6, 6.07) is 24.2. The number of hydrogen-bond donors (Lipinski definition) is 2. The minimum Gasteiger partial charge on any atom is -0.475 e. The highest BCUT2D eigenvalue weighted by Crippen LogP contribution is 2.40. The van der Waals surface area contributed by atoms with Gasteiger partial charge in [-0.1, -0.05) is 81.7 Å². The average Bonchev–Trinajstić information content (AvgIpc) is 3.59. The number of para-hydroxylation sites is 2. The zero-order chi connectivity index (χ0) is 44.6. The van der Waals surface area contributed by atoms with Gasteiger partial charge in [-0.2, -0.15) is 0 Å². The summed E-state index contributed by atoms with van der Waals surface area (Å²) in [6.07, 6.45) is 11.9. The molecule has 0 spiro atoms. The molecule has 4 heterocycles. The molecule has 0 unspecified atom stereocenters. The van der Waals surface area contributed by atoms with E-state index in [9.17, 15) is 14.4 Å². The van der Waals surface area contributed by atoms with Crippen LogP contribution in [0.1, 0.15) is 61.4 Å². The van der Waals surface area contributed by atoms with E-state index in [1.54, 1.807) is 71.7 Å². The number of carboxylic acids is 1. The molecular formula is C44H36Cl6N8O5. The summed E-state index contributed by atoms with van der Waals surface area (Å²) in [5, 5.41) is 11.5. The Labute approximate surface area is 391 Å². The van der Waals surface area contributed by atoms with Crippen LogP contribution in [0, 0.1) is 0 Å². The van der Waals surface area contributed by atoms with Crippen molar-refractivity contribution >= 4 is 98.8 Å². The van der Waals surface area contributed by atoms with Crippen molar-refractivity contribution in [3.63, 3.8) is 0 Å². The van der Waals surface area contributed by atoms with Crippen LogP contribution in [0.2, 0.25) is 30.1 Å². The van der Waals surface area contributed by atoms with E-state index < -0.39 is 11.9 Å². The number of halogens is 6. The van der Waals surface area contributed by atoms with Crippen LogP contribution >= 0.6 is 69.6 Å². The highest BCUT2D eigenvalue weighted by Gasteiger charge is 2.36. The van der Waals surface area contributed by atoms with Gasteiger partial charge in [-0.3, -0.25) is 4.79 Å². The first-order valence-electron chi connectivity index (χ1n) is 19.3. The number of carbonyl (C=O) groups is 3. The van der Waals surface area contributed by atoms with E-state index in [1.165, 1.54) is 31.4 Å². The van der Waals surface area contributed by atoms with Crippen molar-refractivity contribution in [2.45, 2.75) is 38.6 Å². The third kappa shape index (κ3) is 11.5. The summed E-state index contributed by atoms with van der Waals surface area (Å²) in [4.78, 5) is 54.4. The van der Waals surface area contributed by atoms with Gasteiger partial charge in [0.25, 0.3) is 5.91 Å². The summed E-state index contributed by atoms with van der Waals surface area (Å²) >= 11 is 36.6. The number of esters is 1. The normalized spacial score (nSPS) is 13.0. The number of H-pyrrole nitrogens is 1. The average molecular weight is 970 g/mol.